The van der Waals surface area contributed by atoms with Gasteiger partial charge in [-0.05, 0) is 38.0 Å². The molecule has 26 heavy (non-hydrogen) atoms. The van der Waals surface area contributed by atoms with Crippen LogP contribution in [0.2, 0.25) is 5.02 Å². The van der Waals surface area contributed by atoms with Gasteiger partial charge in [-0.3, -0.25) is 9.59 Å². The number of nitrogens with one attached hydrogen (secondary N) is 1. The van der Waals surface area contributed by atoms with Crippen molar-refractivity contribution in [3.63, 3.8) is 0 Å². The van der Waals surface area contributed by atoms with Crippen LogP contribution < -0.4 is 15.2 Å². The molecule has 10 heteroatoms. The molecule has 1 aliphatic heterocycles. The minimum atomic E-state index is -3.96. The Balaban J connectivity index is 2.12. The molecule has 2 amide bonds. The van der Waals surface area contributed by atoms with Crippen molar-refractivity contribution in [3.05, 3.63) is 23.2 Å². The van der Waals surface area contributed by atoms with E-state index in [-0.39, 0.29) is 34.2 Å². The number of nitrogens with two attached hydrogens (primary N) is 1. The Morgan fingerprint density at radius 1 is 1.42 bits per heavy atom. The molecule has 1 atom stereocenters. The zero-order valence-electron chi connectivity index (χ0n) is 14.4. The van der Waals surface area contributed by atoms with Crippen molar-refractivity contribution in [1.82, 2.24) is 9.62 Å². The van der Waals surface area contributed by atoms with Gasteiger partial charge in [-0.2, -0.15) is 0 Å². The molecule has 0 aliphatic carbocycles. The standard InChI is InChI=1S/C16H22ClN3O5S/c1-11(20-7-3-2-4-16(20)22)9-19-26(23,24)14-8-12(17)5-6-13(14)25-10-15(18)21/h5-6,8,11,19H,2-4,7,9-10H2,1H3,(H2,18,21)/t11-/m1/s1. The molecule has 8 nitrogen and oxygen atoms in total. The van der Waals surface area contributed by atoms with E-state index in [1.807, 2.05) is 0 Å². The second-order valence-electron chi connectivity index (χ2n) is 6.09. The summed E-state index contributed by atoms with van der Waals surface area (Å²) < 4.78 is 32.9. The van der Waals surface area contributed by atoms with Gasteiger partial charge in [0.2, 0.25) is 15.9 Å². The molecule has 2 rings (SSSR count). The van der Waals surface area contributed by atoms with Gasteiger partial charge in [-0.25, -0.2) is 13.1 Å². The second kappa shape index (κ2) is 8.70. The van der Waals surface area contributed by atoms with Crippen LogP contribution in [0.15, 0.2) is 23.1 Å². The number of nitrogens with zero attached hydrogens (tertiary/aromatic N) is 1. The van der Waals surface area contributed by atoms with Crippen LogP contribution in [-0.2, 0) is 19.6 Å². The maximum atomic E-state index is 12.6. The minimum absolute atomic E-state index is 0.0242. The van der Waals surface area contributed by atoms with Crippen molar-refractivity contribution in [2.75, 3.05) is 19.7 Å². The minimum Gasteiger partial charge on any atom is -0.482 e. The van der Waals surface area contributed by atoms with Crippen molar-refractivity contribution < 1.29 is 22.7 Å². The Hall–Kier alpha value is -1.84. The molecule has 0 aromatic heterocycles. The fourth-order valence-corrected chi connectivity index (χ4v) is 4.20. The molecular weight excluding hydrogens is 382 g/mol. The number of halogens is 1. The van der Waals surface area contributed by atoms with Crippen molar-refractivity contribution in [2.24, 2.45) is 5.73 Å². The molecule has 1 aromatic rings. The second-order valence-corrected chi connectivity index (χ2v) is 8.26. The highest BCUT2D eigenvalue weighted by molar-refractivity contribution is 7.89. The number of primary amides is 1. The predicted molar refractivity (Wildman–Crippen MR) is 96.4 cm³/mol. The van der Waals surface area contributed by atoms with E-state index in [2.05, 4.69) is 4.72 Å². The fraction of sp³-hybridized carbons (Fsp3) is 0.500. The van der Waals surface area contributed by atoms with E-state index in [0.717, 1.165) is 12.8 Å². The first-order valence-corrected chi connectivity index (χ1v) is 10.1. The Bertz CT molecular complexity index is 784. The van der Waals surface area contributed by atoms with E-state index in [4.69, 9.17) is 22.1 Å². The summed E-state index contributed by atoms with van der Waals surface area (Å²) in [6.07, 6.45) is 2.25. The Kier molecular flexibility index (Phi) is 6.85. The highest BCUT2D eigenvalue weighted by atomic mass is 35.5. The van der Waals surface area contributed by atoms with Gasteiger partial charge in [-0.1, -0.05) is 11.6 Å². The largest absolute Gasteiger partial charge is 0.482 e. The number of hydrogen-bond donors (Lipinski definition) is 2. The molecular formula is C16H22ClN3O5S. The quantitative estimate of drug-likeness (QED) is 0.667. The van der Waals surface area contributed by atoms with Crippen LogP contribution in [0.1, 0.15) is 26.2 Å². The SMILES string of the molecule is C[C@H](CNS(=O)(=O)c1cc(Cl)ccc1OCC(N)=O)N1CCCCC1=O. The smallest absolute Gasteiger partial charge is 0.255 e. The predicted octanol–water partition coefficient (Wildman–Crippen LogP) is 0.883. The van der Waals surface area contributed by atoms with Crippen LogP contribution in [-0.4, -0.2) is 50.9 Å². The van der Waals surface area contributed by atoms with Gasteiger partial charge < -0.3 is 15.4 Å². The number of likely N-dealkylation sites (tertiary alicyclic amines) is 1. The third-order valence-electron chi connectivity index (χ3n) is 4.03. The number of rotatable bonds is 8. The van der Waals surface area contributed by atoms with Gasteiger partial charge in [0, 0.05) is 30.6 Å². The fourth-order valence-electron chi connectivity index (χ4n) is 2.67. The average molecular weight is 404 g/mol. The van der Waals surface area contributed by atoms with Crippen LogP contribution >= 0.6 is 11.6 Å². The molecule has 1 fully saturated rings. The lowest BCUT2D eigenvalue weighted by Gasteiger charge is -2.32. The molecule has 0 unspecified atom stereocenters. The van der Waals surface area contributed by atoms with Gasteiger partial charge in [0.15, 0.2) is 6.61 Å². The van der Waals surface area contributed by atoms with Crippen molar-refractivity contribution in [3.8, 4) is 5.75 Å². The number of sulfonamides is 1. The summed E-state index contributed by atoms with van der Waals surface area (Å²) in [5.74, 6) is -0.730. The Morgan fingerprint density at radius 3 is 2.81 bits per heavy atom. The molecule has 1 saturated heterocycles. The van der Waals surface area contributed by atoms with Crippen molar-refractivity contribution in [2.45, 2.75) is 37.1 Å². The van der Waals surface area contributed by atoms with E-state index in [1.54, 1.807) is 11.8 Å². The number of piperidine rings is 1. The van der Waals surface area contributed by atoms with Gasteiger partial charge in [0.25, 0.3) is 5.91 Å². The van der Waals surface area contributed by atoms with Crippen molar-refractivity contribution >= 4 is 33.4 Å². The van der Waals surface area contributed by atoms with Crippen LogP contribution in [0.5, 0.6) is 5.75 Å². The maximum Gasteiger partial charge on any atom is 0.255 e. The first-order valence-electron chi connectivity index (χ1n) is 8.20. The molecule has 0 radical (unpaired) electrons. The summed E-state index contributed by atoms with van der Waals surface area (Å²) >= 11 is 5.90. The number of ether oxygens (including phenoxy) is 1. The molecule has 0 saturated carbocycles. The van der Waals surface area contributed by atoms with Gasteiger partial charge in [-0.15, -0.1) is 0 Å². The summed E-state index contributed by atoms with van der Waals surface area (Å²) in [7, 11) is -3.96. The van der Waals surface area contributed by atoms with Crippen LogP contribution in [0.3, 0.4) is 0 Å². The van der Waals surface area contributed by atoms with Gasteiger partial charge >= 0.3 is 0 Å². The zero-order valence-corrected chi connectivity index (χ0v) is 16.0. The van der Waals surface area contributed by atoms with Crippen LogP contribution in [0.25, 0.3) is 0 Å². The maximum absolute atomic E-state index is 12.6. The molecule has 1 aromatic carbocycles. The number of carbonyl (C=O) groups excluding carboxylic acids is 2. The average Bonchev–Trinajstić information content (AvgIpc) is 2.59. The highest BCUT2D eigenvalue weighted by Crippen LogP contribution is 2.27. The first kappa shape index (κ1) is 20.5. The number of hydrogen-bond acceptors (Lipinski definition) is 5. The number of carbonyl (C=O) groups is 2. The highest BCUT2D eigenvalue weighted by Gasteiger charge is 2.26. The van der Waals surface area contributed by atoms with E-state index >= 15 is 0 Å². The monoisotopic (exact) mass is 403 g/mol. The normalized spacial score (nSPS) is 16.4. The lowest BCUT2D eigenvalue weighted by atomic mass is 10.1. The summed E-state index contributed by atoms with van der Waals surface area (Å²) in [5.41, 5.74) is 5.03. The van der Waals surface area contributed by atoms with Crippen molar-refractivity contribution in [1.29, 1.82) is 0 Å². The number of amides is 2. The summed E-state index contributed by atoms with van der Waals surface area (Å²) in [4.78, 5) is 24.3. The van der Waals surface area contributed by atoms with E-state index in [9.17, 15) is 18.0 Å². The first-order chi connectivity index (χ1) is 12.2. The summed E-state index contributed by atoms with van der Waals surface area (Å²) in [6.45, 7) is 2.00. The molecule has 1 aliphatic rings. The van der Waals surface area contributed by atoms with Crippen LogP contribution in [0, 0.1) is 0 Å². The van der Waals surface area contributed by atoms with E-state index in [0.29, 0.717) is 13.0 Å². The van der Waals surface area contributed by atoms with Gasteiger partial charge in [0.1, 0.15) is 10.6 Å². The molecule has 144 valence electrons. The molecule has 0 spiro atoms. The molecule has 0 bridgehead atoms. The number of benzene rings is 1. The molecule has 3 N–H and O–H groups in total. The van der Waals surface area contributed by atoms with E-state index < -0.39 is 22.5 Å². The topological polar surface area (TPSA) is 119 Å². The summed E-state index contributed by atoms with van der Waals surface area (Å²) in [5, 5.41) is 0.205. The Morgan fingerprint density at radius 2 is 2.15 bits per heavy atom. The zero-order chi connectivity index (χ0) is 19.3. The third-order valence-corrected chi connectivity index (χ3v) is 5.71. The lowest BCUT2D eigenvalue weighted by molar-refractivity contribution is -0.135. The van der Waals surface area contributed by atoms with E-state index in [1.165, 1.54) is 18.2 Å². The van der Waals surface area contributed by atoms with Crippen LogP contribution in [0.4, 0.5) is 0 Å². The van der Waals surface area contributed by atoms with Gasteiger partial charge in [0.05, 0.1) is 0 Å². The Labute approximate surface area is 157 Å². The summed E-state index contributed by atoms with van der Waals surface area (Å²) in [6, 6.07) is 3.76. The third kappa shape index (κ3) is 5.33. The lowest BCUT2D eigenvalue weighted by Crippen LogP contribution is -2.47. The molecule has 1 heterocycles.